The molecule has 0 bridgehead atoms. The van der Waals surface area contributed by atoms with E-state index in [-0.39, 0.29) is 23.7 Å². The first-order valence-corrected chi connectivity index (χ1v) is 8.68. The summed E-state index contributed by atoms with van der Waals surface area (Å²) in [7, 11) is 0. The van der Waals surface area contributed by atoms with E-state index in [0.717, 1.165) is 0 Å². The molecular formula is C19H24N2O4. The first kappa shape index (κ1) is 17.5. The van der Waals surface area contributed by atoms with Crippen molar-refractivity contribution in [3.63, 3.8) is 0 Å². The van der Waals surface area contributed by atoms with Crippen LogP contribution in [0.5, 0.6) is 0 Å². The normalized spacial score (nSPS) is 21.6. The standard InChI is InChI=1S/C19H24N2O4/c1-19(2,3)25-18(24)21-10-8-12(9-11-21)15-16(22)13-6-4-5-7-14(13)20-17(15)23/h4-7,12,15H,8-11H2,1-3H3,(H,20,23). The fourth-order valence-corrected chi connectivity index (χ4v) is 3.47. The molecule has 0 radical (unpaired) electrons. The summed E-state index contributed by atoms with van der Waals surface area (Å²) in [4.78, 5) is 39.0. The number of para-hydroxylation sites is 1. The highest BCUT2D eigenvalue weighted by atomic mass is 16.6. The van der Waals surface area contributed by atoms with Crippen LogP contribution in [-0.4, -0.2) is 41.4 Å². The molecule has 1 saturated heterocycles. The number of benzene rings is 1. The number of fused-ring (bicyclic) bond motifs is 1. The Bertz CT molecular complexity index is 700. The Kier molecular flexibility index (Phi) is 4.54. The fourth-order valence-electron chi connectivity index (χ4n) is 3.47. The Morgan fingerprint density at radius 2 is 1.80 bits per heavy atom. The monoisotopic (exact) mass is 344 g/mol. The zero-order valence-corrected chi connectivity index (χ0v) is 14.9. The highest BCUT2D eigenvalue weighted by molar-refractivity contribution is 6.21. The molecular weight excluding hydrogens is 320 g/mol. The molecule has 6 nitrogen and oxygen atoms in total. The summed E-state index contributed by atoms with van der Waals surface area (Å²) in [5, 5.41) is 2.84. The number of nitrogens with zero attached hydrogens (tertiary/aromatic N) is 1. The number of piperidine rings is 1. The molecule has 1 fully saturated rings. The van der Waals surface area contributed by atoms with Gasteiger partial charge in [-0.3, -0.25) is 9.59 Å². The molecule has 134 valence electrons. The average molecular weight is 344 g/mol. The van der Waals surface area contributed by atoms with Crippen molar-refractivity contribution in [3.05, 3.63) is 29.8 Å². The number of hydrogen-bond donors (Lipinski definition) is 1. The van der Waals surface area contributed by atoms with Crippen molar-refractivity contribution in [1.82, 2.24) is 4.90 Å². The zero-order chi connectivity index (χ0) is 18.2. The summed E-state index contributed by atoms with van der Waals surface area (Å²) in [5.74, 6) is -1.08. The highest BCUT2D eigenvalue weighted by Gasteiger charge is 2.41. The molecule has 0 aromatic heterocycles. The summed E-state index contributed by atoms with van der Waals surface area (Å²) >= 11 is 0. The number of carbonyl (C=O) groups excluding carboxylic acids is 3. The van der Waals surface area contributed by atoms with Crippen LogP contribution >= 0.6 is 0 Å². The Morgan fingerprint density at radius 3 is 2.44 bits per heavy atom. The molecule has 6 heteroatoms. The smallest absolute Gasteiger partial charge is 0.410 e. The number of carbonyl (C=O) groups is 3. The quantitative estimate of drug-likeness (QED) is 0.794. The van der Waals surface area contributed by atoms with E-state index in [1.807, 2.05) is 20.8 Å². The molecule has 1 aromatic rings. The van der Waals surface area contributed by atoms with E-state index < -0.39 is 11.5 Å². The van der Waals surface area contributed by atoms with Gasteiger partial charge in [0.05, 0.1) is 5.69 Å². The van der Waals surface area contributed by atoms with Crippen LogP contribution in [0.4, 0.5) is 10.5 Å². The fraction of sp³-hybridized carbons (Fsp3) is 0.526. The molecule has 25 heavy (non-hydrogen) atoms. The van der Waals surface area contributed by atoms with Crippen molar-refractivity contribution in [2.75, 3.05) is 18.4 Å². The maximum Gasteiger partial charge on any atom is 0.410 e. The molecule has 2 aliphatic rings. The van der Waals surface area contributed by atoms with Gasteiger partial charge in [0.2, 0.25) is 5.91 Å². The minimum Gasteiger partial charge on any atom is -0.444 e. The number of likely N-dealkylation sites (tertiary alicyclic amines) is 1. The number of hydrogen-bond acceptors (Lipinski definition) is 4. The predicted molar refractivity (Wildman–Crippen MR) is 93.4 cm³/mol. The number of nitrogens with one attached hydrogen (secondary N) is 1. The molecule has 3 rings (SSSR count). The van der Waals surface area contributed by atoms with Crippen LogP contribution in [0.1, 0.15) is 44.0 Å². The molecule has 0 saturated carbocycles. The van der Waals surface area contributed by atoms with Crippen molar-refractivity contribution in [3.8, 4) is 0 Å². The van der Waals surface area contributed by atoms with Crippen LogP contribution < -0.4 is 5.32 Å². The highest BCUT2D eigenvalue weighted by Crippen LogP contribution is 2.34. The maximum atomic E-state index is 12.8. The summed E-state index contributed by atoms with van der Waals surface area (Å²) < 4.78 is 5.39. The van der Waals surface area contributed by atoms with E-state index >= 15 is 0 Å². The number of anilines is 1. The van der Waals surface area contributed by atoms with Gasteiger partial charge in [0, 0.05) is 18.7 Å². The lowest BCUT2D eigenvalue weighted by Crippen LogP contribution is -2.47. The largest absolute Gasteiger partial charge is 0.444 e. The predicted octanol–water partition coefficient (Wildman–Crippen LogP) is 3.08. The summed E-state index contributed by atoms with van der Waals surface area (Å²) in [6, 6.07) is 7.09. The average Bonchev–Trinajstić information content (AvgIpc) is 2.54. The van der Waals surface area contributed by atoms with E-state index in [1.165, 1.54) is 0 Å². The SMILES string of the molecule is CC(C)(C)OC(=O)N1CCC(C2C(=O)Nc3ccccc3C2=O)CC1. The topological polar surface area (TPSA) is 75.7 Å². The summed E-state index contributed by atoms with van der Waals surface area (Å²) in [6.45, 7) is 6.50. The van der Waals surface area contributed by atoms with E-state index in [1.54, 1.807) is 29.2 Å². The maximum absolute atomic E-state index is 12.8. The van der Waals surface area contributed by atoms with Gasteiger partial charge in [-0.2, -0.15) is 0 Å². The Morgan fingerprint density at radius 1 is 1.16 bits per heavy atom. The van der Waals surface area contributed by atoms with Gasteiger partial charge >= 0.3 is 6.09 Å². The number of Topliss-reactive ketones (excluding diaryl/α,β-unsaturated/α-hetero) is 1. The van der Waals surface area contributed by atoms with Crippen molar-refractivity contribution in [1.29, 1.82) is 0 Å². The van der Waals surface area contributed by atoms with Gasteiger partial charge in [-0.1, -0.05) is 12.1 Å². The molecule has 2 heterocycles. The minimum absolute atomic E-state index is 0.0560. The molecule has 1 aromatic carbocycles. The number of ketones is 1. The van der Waals surface area contributed by atoms with Crippen molar-refractivity contribution in [2.45, 2.75) is 39.2 Å². The second-order valence-electron chi connectivity index (χ2n) is 7.68. The van der Waals surface area contributed by atoms with Gasteiger partial charge in [-0.05, 0) is 51.7 Å². The number of ether oxygens (including phenoxy) is 1. The van der Waals surface area contributed by atoms with E-state index in [0.29, 0.717) is 37.2 Å². The van der Waals surface area contributed by atoms with E-state index in [2.05, 4.69) is 5.32 Å². The van der Waals surface area contributed by atoms with Crippen molar-refractivity contribution >= 4 is 23.5 Å². The third-order valence-electron chi connectivity index (χ3n) is 4.68. The Balaban J connectivity index is 1.66. The van der Waals surface area contributed by atoms with Crippen LogP contribution in [0.15, 0.2) is 24.3 Å². The molecule has 0 spiro atoms. The lowest BCUT2D eigenvalue weighted by atomic mass is 9.77. The molecule has 1 N–H and O–H groups in total. The molecule has 1 atom stereocenters. The molecule has 1 unspecified atom stereocenters. The lowest BCUT2D eigenvalue weighted by Gasteiger charge is -2.37. The van der Waals surface area contributed by atoms with Crippen molar-refractivity contribution < 1.29 is 19.1 Å². The van der Waals surface area contributed by atoms with Gasteiger partial charge in [-0.15, -0.1) is 0 Å². The van der Waals surface area contributed by atoms with Gasteiger partial charge < -0.3 is 15.0 Å². The van der Waals surface area contributed by atoms with Gasteiger partial charge in [0.15, 0.2) is 5.78 Å². The second-order valence-corrected chi connectivity index (χ2v) is 7.68. The van der Waals surface area contributed by atoms with Crippen LogP contribution in [-0.2, 0) is 9.53 Å². The number of amides is 2. The summed E-state index contributed by atoms with van der Waals surface area (Å²) in [6.07, 6.45) is 0.895. The Labute approximate surface area is 147 Å². The lowest BCUT2D eigenvalue weighted by molar-refractivity contribution is -0.120. The number of rotatable bonds is 1. The third-order valence-corrected chi connectivity index (χ3v) is 4.68. The molecule has 2 aliphatic heterocycles. The van der Waals surface area contributed by atoms with Crippen LogP contribution in [0.25, 0.3) is 0 Å². The van der Waals surface area contributed by atoms with Gasteiger partial charge in [0.1, 0.15) is 11.5 Å². The van der Waals surface area contributed by atoms with E-state index in [9.17, 15) is 14.4 Å². The van der Waals surface area contributed by atoms with Crippen LogP contribution in [0, 0.1) is 11.8 Å². The van der Waals surface area contributed by atoms with Crippen LogP contribution in [0.3, 0.4) is 0 Å². The molecule has 0 aliphatic carbocycles. The van der Waals surface area contributed by atoms with Gasteiger partial charge in [0.25, 0.3) is 0 Å². The van der Waals surface area contributed by atoms with E-state index in [4.69, 9.17) is 4.74 Å². The van der Waals surface area contributed by atoms with Crippen molar-refractivity contribution in [2.24, 2.45) is 11.8 Å². The van der Waals surface area contributed by atoms with Gasteiger partial charge in [-0.25, -0.2) is 4.79 Å². The first-order valence-electron chi connectivity index (χ1n) is 8.68. The Hall–Kier alpha value is -2.37. The molecule has 2 amide bonds. The second kappa shape index (κ2) is 6.50. The first-order chi connectivity index (χ1) is 11.8. The minimum atomic E-state index is -0.671. The zero-order valence-electron chi connectivity index (χ0n) is 14.9. The third kappa shape index (κ3) is 3.67. The van der Waals surface area contributed by atoms with Crippen LogP contribution in [0.2, 0.25) is 0 Å². The summed E-state index contributed by atoms with van der Waals surface area (Å²) in [5.41, 5.74) is 0.623.